The Labute approximate surface area is 107 Å². The van der Waals surface area contributed by atoms with E-state index in [4.69, 9.17) is 14.2 Å². The molecule has 2 fully saturated rings. The highest BCUT2D eigenvalue weighted by molar-refractivity contribution is 5.76. The van der Waals surface area contributed by atoms with E-state index >= 15 is 0 Å². The van der Waals surface area contributed by atoms with E-state index in [2.05, 4.69) is 17.8 Å². The zero-order valence-electron chi connectivity index (χ0n) is 11.0. The molecule has 0 aromatic heterocycles. The van der Waals surface area contributed by atoms with Gasteiger partial charge in [-0.2, -0.15) is 0 Å². The topological polar surface area (TPSA) is 68.8 Å². The highest BCUT2D eigenvalue weighted by Gasteiger charge is 2.33. The molecule has 0 saturated carbocycles. The van der Waals surface area contributed by atoms with Crippen molar-refractivity contribution in [2.75, 3.05) is 26.4 Å². The molecule has 6 nitrogen and oxygen atoms in total. The number of rotatable bonds is 4. The number of carbonyl (C=O) groups excluding carboxylic acids is 1. The molecule has 2 aliphatic heterocycles. The second-order valence-corrected chi connectivity index (χ2v) is 5.15. The summed E-state index contributed by atoms with van der Waals surface area (Å²) >= 11 is 0. The molecule has 2 atom stereocenters. The van der Waals surface area contributed by atoms with Crippen LogP contribution < -0.4 is 10.9 Å². The van der Waals surface area contributed by atoms with E-state index in [1.807, 2.05) is 0 Å². The first-order valence-corrected chi connectivity index (χ1v) is 6.49. The van der Waals surface area contributed by atoms with Crippen molar-refractivity contribution >= 4 is 5.91 Å². The van der Waals surface area contributed by atoms with E-state index in [0.29, 0.717) is 19.1 Å². The van der Waals surface area contributed by atoms with Gasteiger partial charge in [-0.05, 0) is 19.3 Å². The van der Waals surface area contributed by atoms with Crippen LogP contribution in [0.2, 0.25) is 0 Å². The fraction of sp³-hybridized carbons (Fsp3) is 0.917. The van der Waals surface area contributed by atoms with Gasteiger partial charge in [-0.3, -0.25) is 10.2 Å². The largest absolute Gasteiger partial charge is 0.381 e. The van der Waals surface area contributed by atoms with E-state index in [-0.39, 0.29) is 18.4 Å². The minimum atomic E-state index is -0.771. The van der Waals surface area contributed by atoms with Gasteiger partial charge in [0.25, 0.3) is 0 Å². The molecular formula is C12H22N2O4. The lowest BCUT2D eigenvalue weighted by atomic mass is 9.99. The minimum Gasteiger partial charge on any atom is -0.381 e. The molecule has 0 aromatic rings. The van der Waals surface area contributed by atoms with E-state index < -0.39 is 5.79 Å². The molecule has 2 rings (SSSR count). The third-order valence-corrected chi connectivity index (χ3v) is 3.42. The van der Waals surface area contributed by atoms with Gasteiger partial charge in [0.15, 0.2) is 5.79 Å². The van der Waals surface area contributed by atoms with Crippen molar-refractivity contribution in [3.05, 3.63) is 0 Å². The van der Waals surface area contributed by atoms with Gasteiger partial charge >= 0.3 is 0 Å². The monoisotopic (exact) mass is 258 g/mol. The molecule has 104 valence electrons. The van der Waals surface area contributed by atoms with Crippen LogP contribution in [0.1, 0.15) is 26.7 Å². The maximum absolute atomic E-state index is 11.8. The number of hydrazine groups is 1. The van der Waals surface area contributed by atoms with Crippen molar-refractivity contribution in [3.63, 3.8) is 0 Å². The van der Waals surface area contributed by atoms with E-state index in [9.17, 15) is 4.79 Å². The Morgan fingerprint density at radius 2 is 2.06 bits per heavy atom. The third-order valence-electron chi connectivity index (χ3n) is 3.42. The third kappa shape index (κ3) is 3.65. The summed E-state index contributed by atoms with van der Waals surface area (Å²) in [5.74, 6) is -0.487. The summed E-state index contributed by atoms with van der Waals surface area (Å²) in [7, 11) is 0. The normalized spacial score (nSPS) is 31.2. The smallest absolute Gasteiger partial charge is 0.239 e. The standard InChI is InChI=1S/C12H22N2O4/c1-9-8-16-4-3-10(9)13-14-11(15)7-12(2)17-5-6-18-12/h9-10,13H,3-8H2,1-2H3,(H,14,15). The van der Waals surface area contributed by atoms with Crippen LogP contribution in [-0.2, 0) is 19.0 Å². The van der Waals surface area contributed by atoms with Crippen molar-refractivity contribution in [1.82, 2.24) is 10.9 Å². The van der Waals surface area contributed by atoms with Crippen molar-refractivity contribution in [1.29, 1.82) is 0 Å². The maximum Gasteiger partial charge on any atom is 0.239 e. The summed E-state index contributed by atoms with van der Waals surface area (Å²) in [6.45, 7) is 6.46. The van der Waals surface area contributed by atoms with E-state index in [1.165, 1.54) is 0 Å². The maximum atomic E-state index is 11.8. The lowest BCUT2D eigenvalue weighted by molar-refractivity contribution is -0.160. The predicted molar refractivity (Wildman–Crippen MR) is 64.6 cm³/mol. The van der Waals surface area contributed by atoms with Crippen LogP contribution in [0.25, 0.3) is 0 Å². The SMILES string of the molecule is CC1COCCC1NNC(=O)CC1(C)OCCO1. The molecule has 1 amide bonds. The molecule has 0 spiro atoms. The molecule has 0 bridgehead atoms. The average Bonchev–Trinajstić information content (AvgIpc) is 2.74. The van der Waals surface area contributed by atoms with Gasteiger partial charge in [-0.25, -0.2) is 5.43 Å². The van der Waals surface area contributed by atoms with Gasteiger partial charge in [0.1, 0.15) is 0 Å². The first-order chi connectivity index (χ1) is 8.59. The number of hydrogen-bond donors (Lipinski definition) is 2. The van der Waals surface area contributed by atoms with Crippen molar-refractivity contribution in [2.45, 2.75) is 38.5 Å². The molecule has 2 heterocycles. The number of amides is 1. The molecule has 2 saturated heterocycles. The molecule has 6 heteroatoms. The summed E-state index contributed by atoms with van der Waals surface area (Å²) < 4.78 is 16.1. The molecular weight excluding hydrogens is 236 g/mol. The van der Waals surface area contributed by atoms with Crippen LogP contribution in [0.15, 0.2) is 0 Å². The Kier molecular flexibility index (Phi) is 4.55. The minimum absolute atomic E-state index is 0.113. The quantitative estimate of drug-likeness (QED) is 0.704. The summed E-state index contributed by atoms with van der Waals surface area (Å²) in [5.41, 5.74) is 5.80. The summed E-state index contributed by atoms with van der Waals surface area (Å²) in [6, 6.07) is 0.265. The number of nitrogens with one attached hydrogen (secondary N) is 2. The zero-order valence-corrected chi connectivity index (χ0v) is 11.0. The molecule has 0 aliphatic carbocycles. The first-order valence-electron chi connectivity index (χ1n) is 6.49. The summed E-state index contributed by atoms with van der Waals surface area (Å²) in [4.78, 5) is 11.8. The molecule has 2 N–H and O–H groups in total. The highest BCUT2D eigenvalue weighted by atomic mass is 16.7. The van der Waals surface area contributed by atoms with Crippen LogP contribution in [0.4, 0.5) is 0 Å². The second-order valence-electron chi connectivity index (χ2n) is 5.15. The Balaban J connectivity index is 1.71. The second kappa shape index (κ2) is 5.97. The van der Waals surface area contributed by atoms with Gasteiger partial charge < -0.3 is 14.2 Å². The van der Waals surface area contributed by atoms with Crippen LogP contribution in [-0.4, -0.2) is 44.2 Å². The summed E-state index contributed by atoms with van der Waals surface area (Å²) in [6.07, 6.45) is 1.11. The van der Waals surface area contributed by atoms with Crippen molar-refractivity contribution in [2.24, 2.45) is 5.92 Å². The number of carbonyl (C=O) groups is 1. The van der Waals surface area contributed by atoms with Crippen molar-refractivity contribution < 1.29 is 19.0 Å². The Morgan fingerprint density at radius 3 is 2.72 bits per heavy atom. The van der Waals surface area contributed by atoms with Crippen LogP contribution in [0.3, 0.4) is 0 Å². The van der Waals surface area contributed by atoms with Gasteiger partial charge in [0.2, 0.25) is 5.91 Å². The van der Waals surface area contributed by atoms with Crippen LogP contribution in [0.5, 0.6) is 0 Å². The lowest BCUT2D eigenvalue weighted by Crippen LogP contribution is -2.51. The molecule has 0 aromatic carbocycles. The van der Waals surface area contributed by atoms with Gasteiger partial charge in [-0.1, -0.05) is 6.92 Å². The molecule has 18 heavy (non-hydrogen) atoms. The summed E-state index contributed by atoms with van der Waals surface area (Å²) in [5, 5.41) is 0. The molecule has 2 unspecified atom stereocenters. The van der Waals surface area contributed by atoms with Gasteiger partial charge in [0.05, 0.1) is 26.2 Å². The van der Waals surface area contributed by atoms with Crippen molar-refractivity contribution in [3.8, 4) is 0 Å². The Hall–Kier alpha value is -0.690. The average molecular weight is 258 g/mol. The van der Waals surface area contributed by atoms with Gasteiger partial charge in [0, 0.05) is 12.6 Å². The fourth-order valence-electron chi connectivity index (χ4n) is 2.26. The van der Waals surface area contributed by atoms with Crippen LogP contribution >= 0.6 is 0 Å². The molecule has 2 aliphatic rings. The highest BCUT2D eigenvalue weighted by Crippen LogP contribution is 2.22. The first kappa shape index (κ1) is 13.7. The van der Waals surface area contributed by atoms with E-state index in [0.717, 1.165) is 19.6 Å². The zero-order chi connectivity index (χ0) is 13.0. The number of hydrogen-bond acceptors (Lipinski definition) is 5. The lowest BCUT2D eigenvalue weighted by Gasteiger charge is -2.30. The van der Waals surface area contributed by atoms with Crippen LogP contribution in [0, 0.1) is 5.92 Å². The Morgan fingerprint density at radius 1 is 1.33 bits per heavy atom. The number of ether oxygens (including phenoxy) is 3. The molecule has 0 radical (unpaired) electrons. The predicted octanol–water partition coefficient (Wildman–Crippen LogP) is 0.185. The fourth-order valence-corrected chi connectivity index (χ4v) is 2.26. The van der Waals surface area contributed by atoms with Gasteiger partial charge in [-0.15, -0.1) is 0 Å². The Bertz CT molecular complexity index is 292. The van der Waals surface area contributed by atoms with E-state index in [1.54, 1.807) is 6.92 Å².